The summed E-state index contributed by atoms with van der Waals surface area (Å²) in [6.45, 7) is 5.19. The maximum absolute atomic E-state index is 13.1. The van der Waals surface area contributed by atoms with E-state index in [0.717, 1.165) is 24.3 Å². The van der Waals surface area contributed by atoms with Crippen molar-refractivity contribution in [2.75, 3.05) is 6.61 Å². The van der Waals surface area contributed by atoms with Crippen molar-refractivity contribution < 1.29 is 27.7 Å². The second-order valence-corrected chi connectivity index (χ2v) is 8.13. The summed E-state index contributed by atoms with van der Waals surface area (Å²) in [5.74, 6) is -1.43. The van der Waals surface area contributed by atoms with Crippen molar-refractivity contribution >= 4 is 27.6 Å². The molecular weight excluding hydrogens is 376 g/mol. The summed E-state index contributed by atoms with van der Waals surface area (Å²) in [5, 5.41) is 10.8. The fraction of sp³-hybridized carbons (Fsp3) is 0.529. The number of hydrogen-bond donors (Lipinski definition) is 0. The van der Waals surface area contributed by atoms with E-state index in [2.05, 4.69) is 0 Å². The van der Waals surface area contributed by atoms with E-state index in [0.29, 0.717) is 17.1 Å². The minimum Gasteiger partial charge on any atom is -0.464 e. The van der Waals surface area contributed by atoms with Crippen molar-refractivity contribution in [3.05, 3.63) is 34.4 Å². The summed E-state index contributed by atoms with van der Waals surface area (Å²) in [7, 11) is -4.37. The molecule has 0 saturated carbocycles. The number of benzene rings is 1. The van der Waals surface area contributed by atoms with E-state index in [1.165, 1.54) is 0 Å². The molecule has 1 aromatic rings. The molecule has 1 saturated heterocycles. The van der Waals surface area contributed by atoms with Gasteiger partial charge in [0.05, 0.1) is 21.8 Å². The zero-order valence-corrected chi connectivity index (χ0v) is 16.2. The highest BCUT2D eigenvalue weighted by Gasteiger charge is 2.57. The first-order valence-electron chi connectivity index (χ1n) is 8.64. The zero-order chi connectivity index (χ0) is 20.4. The van der Waals surface area contributed by atoms with Crippen molar-refractivity contribution in [2.24, 2.45) is 5.41 Å². The average Bonchev–Trinajstić information content (AvgIpc) is 2.95. The Bertz CT molecular complexity index is 845. The van der Waals surface area contributed by atoms with Crippen molar-refractivity contribution in [3.63, 3.8) is 0 Å². The summed E-state index contributed by atoms with van der Waals surface area (Å²) in [6, 6.07) is 2.94. The van der Waals surface area contributed by atoms with E-state index in [-0.39, 0.29) is 23.6 Å². The number of ether oxygens (including phenoxy) is 1. The molecule has 27 heavy (non-hydrogen) atoms. The molecule has 0 bridgehead atoms. The molecule has 1 amide bonds. The van der Waals surface area contributed by atoms with Crippen LogP contribution in [0.4, 0.5) is 5.69 Å². The molecule has 10 heteroatoms. The monoisotopic (exact) mass is 398 g/mol. The van der Waals surface area contributed by atoms with E-state index in [1.54, 1.807) is 20.8 Å². The lowest BCUT2D eigenvalue weighted by Gasteiger charge is -2.25. The molecule has 1 aliphatic heterocycles. The van der Waals surface area contributed by atoms with Crippen molar-refractivity contribution in [1.29, 1.82) is 0 Å². The van der Waals surface area contributed by atoms with Crippen LogP contribution in [0, 0.1) is 15.5 Å². The molecule has 0 unspecified atom stereocenters. The summed E-state index contributed by atoms with van der Waals surface area (Å²) in [5.41, 5.74) is -1.24. The van der Waals surface area contributed by atoms with Crippen LogP contribution in [0.1, 0.15) is 40.0 Å². The van der Waals surface area contributed by atoms with Gasteiger partial charge in [-0.25, -0.2) is 17.5 Å². The van der Waals surface area contributed by atoms with Gasteiger partial charge in [-0.05, 0) is 38.3 Å². The Kier molecular flexibility index (Phi) is 5.88. The minimum absolute atomic E-state index is 0.0455. The molecule has 0 aromatic heterocycles. The van der Waals surface area contributed by atoms with Gasteiger partial charge in [-0.1, -0.05) is 13.8 Å². The van der Waals surface area contributed by atoms with Crippen LogP contribution in [-0.2, 0) is 24.3 Å². The Morgan fingerprint density at radius 3 is 2.26 bits per heavy atom. The Hall–Kier alpha value is -2.49. The number of non-ortho nitro benzene ring substituents is 1. The van der Waals surface area contributed by atoms with Crippen molar-refractivity contribution in [1.82, 2.24) is 4.31 Å². The molecule has 2 rings (SSSR count). The van der Waals surface area contributed by atoms with Gasteiger partial charge in [0.25, 0.3) is 15.7 Å². The maximum Gasteiger partial charge on any atom is 0.330 e. The normalized spacial score (nSPS) is 19.1. The molecule has 0 aliphatic carbocycles. The molecule has 1 fully saturated rings. The summed E-state index contributed by atoms with van der Waals surface area (Å²) in [6.07, 6.45) is 0.804. The van der Waals surface area contributed by atoms with Gasteiger partial charge >= 0.3 is 5.97 Å². The van der Waals surface area contributed by atoms with E-state index >= 15 is 0 Å². The number of hydrogen-bond acceptors (Lipinski definition) is 7. The number of nitro groups is 1. The Labute approximate surface area is 157 Å². The molecule has 0 N–H and O–H groups in total. The highest BCUT2D eigenvalue weighted by atomic mass is 32.2. The lowest BCUT2D eigenvalue weighted by atomic mass is 9.79. The number of amides is 1. The van der Waals surface area contributed by atoms with Gasteiger partial charge in [0.2, 0.25) is 5.91 Å². The van der Waals surface area contributed by atoms with Crippen LogP contribution in [-0.4, -0.2) is 42.2 Å². The second-order valence-electron chi connectivity index (χ2n) is 6.32. The summed E-state index contributed by atoms with van der Waals surface area (Å²) >= 11 is 0. The Morgan fingerprint density at radius 2 is 1.81 bits per heavy atom. The van der Waals surface area contributed by atoms with E-state index < -0.39 is 38.3 Å². The first-order valence-corrected chi connectivity index (χ1v) is 10.1. The standard InChI is InChI=1S/C17H22N2O7S/c1-4-17(5-2)11-14(15(20)26-6-3)18(16(17)21)27(24,25)13-9-7-12(8-10-13)19(22)23/h7-10,14H,4-6,11H2,1-3H3/t14-/m0/s1. The van der Waals surface area contributed by atoms with Crippen LogP contribution in [0.25, 0.3) is 0 Å². The van der Waals surface area contributed by atoms with Crippen LogP contribution in [0.3, 0.4) is 0 Å². The highest BCUT2D eigenvalue weighted by molar-refractivity contribution is 7.89. The SMILES string of the molecule is CCOC(=O)[C@@H]1CC(CC)(CC)C(=O)N1S(=O)(=O)c1ccc([N+](=O)[O-])cc1. The first kappa shape index (κ1) is 20.8. The molecule has 1 atom stereocenters. The molecule has 1 aliphatic rings. The predicted octanol–water partition coefficient (Wildman–Crippen LogP) is 2.25. The third-order valence-electron chi connectivity index (χ3n) is 5.04. The molecule has 0 spiro atoms. The van der Waals surface area contributed by atoms with Gasteiger partial charge in [-0.3, -0.25) is 14.9 Å². The third-order valence-corrected chi connectivity index (χ3v) is 6.84. The fourth-order valence-electron chi connectivity index (χ4n) is 3.30. The van der Waals surface area contributed by atoms with Gasteiger partial charge < -0.3 is 4.74 Å². The van der Waals surface area contributed by atoms with Crippen molar-refractivity contribution in [3.8, 4) is 0 Å². The third kappa shape index (κ3) is 3.53. The quantitative estimate of drug-likeness (QED) is 0.392. The van der Waals surface area contributed by atoms with Gasteiger partial charge in [0, 0.05) is 12.1 Å². The smallest absolute Gasteiger partial charge is 0.330 e. The molecular formula is C17H22N2O7S. The van der Waals surface area contributed by atoms with Gasteiger partial charge in [-0.15, -0.1) is 0 Å². The van der Waals surface area contributed by atoms with E-state index in [9.17, 15) is 28.1 Å². The maximum atomic E-state index is 13.1. The predicted molar refractivity (Wildman–Crippen MR) is 95.2 cm³/mol. The van der Waals surface area contributed by atoms with Crippen LogP contribution in [0.2, 0.25) is 0 Å². The van der Waals surface area contributed by atoms with Gasteiger partial charge in [0.1, 0.15) is 6.04 Å². The Balaban J connectivity index is 2.53. The molecule has 0 radical (unpaired) electrons. The molecule has 148 valence electrons. The van der Waals surface area contributed by atoms with Crippen LogP contribution < -0.4 is 0 Å². The van der Waals surface area contributed by atoms with Gasteiger partial charge in [0.15, 0.2) is 0 Å². The van der Waals surface area contributed by atoms with E-state index in [4.69, 9.17) is 4.74 Å². The lowest BCUT2D eigenvalue weighted by molar-refractivity contribution is -0.384. The number of rotatable bonds is 7. The number of carbonyl (C=O) groups is 2. The molecule has 1 aromatic carbocycles. The lowest BCUT2D eigenvalue weighted by Crippen LogP contribution is -2.44. The second kappa shape index (κ2) is 7.63. The average molecular weight is 398 g/mol. The van der Waals surface area contributed by atoms with Crippen LogP contribution in [0.15, 0.2) is 29.2 Å². The van der Waals surface area contributed by atoms with Crippen LogP contribution >= 0.6 is 0 Å². The largest absolute Gasteiger partial charge is 0.464 e. The number of esters is 1. The van der Waals surface area contributed by atoms with Gasteiger partial charge in [-0.2, -0.15) is 0 Å². The molecule has 9 nitrogen and oxygen atoms in total. The number of sulfonamides is 1. The van der Waals surface area contributed by atoms with E-state index in [1.807, 2.05) is 0 Å². The molecule has 1 heterocycles. The minimum atomic E-state index is -4.37. The summed E-state index contributed by atoms with van der Waals surface area (Å²) < 4.78 is 31.8. The zero-order valence-electron chi connectivity index (χ0n) is 15.4. The first-order chi connectivity index (χ1) is 12.6. The summed E-state index contributed by atoms with van der Waals surface area (Å²) in [4.78, 5) is 35.2. The number of carbonyl (C=O) groups excluding carboxylic acids is 2. The number of nitrogens with zero attached hydrogens (tertiary/aromatic N) is 2. The highest BCUT2D eigenvalue weighted by Crippen LogP contribution is 2.44. The number of nitro benzene ring substituents is 1. The van der Waals surface area contributed by atoms with Crippen LogP contribution in [0.5, 0.6) is 0 Å². The fourth-order valence-corrected chi connectivity index (χ4v) is 4.92. The van der Waals surface area contributed by atoms with Crippen molar-refractivity contribution in [2.45, 2.75) is 51.0 Å². The topological polar surface area (TPSA) is 124 Å². The Morgan fingerprint density at radius 1 is 1.26 bits per heavy atom.